The molecular formula is C14H9BrN4O2. The summed E-state index contributed by atoms with van der Waals surface area (Å²) in [6.07, 6.45) is 1.49. The van der Waals surface area contributed by atoms with Crippen molar-refractivity contribution in [3.8, 4) is 11.4 Å². The first-order chi connectivity index (χ1) is 10.2. The number of hydrogen-bond donors (Lipinski definition) is 0. The molecule has 6 nitrogen and oxygen atoms in total. The van der Waals surface area contributed by atoms with Gasteiger partial charge in [0, 0.05) is 4.47 Å². The zero-order chi connectivity index (χ0) is 14.7. The number of tetrazole rings is 1. The number of hydrogen-bond acceptors (Lipinski definition) is 5. The molecule has 1 aromatic heterocycles. The Kier molecular flexibility index (Phi) is 3.74. The lowest BCUT2D eigenvalue weighted by atomic mass is 10.2. The lowest BCUT2D eigenvalue weighted by Gasteiger charge is -2.05. The van der Waals surface area contributed by atoms with Gasteiger partial charge < -0.3 is 4.74 Å². The van der Waals surface area contributed by atoms with E-state index in [2.05, 4.69) is 31.5 Å². The molecule has 0 aliphatic heterocycles. The Morgan fingerprint density at radius 2 is 1.95 bits per heavy atom. The van der Waals surface area contributed by atoms with Crippen molar-refractivity contribution in [3.05, 3.63) is 64.9 Å². The molecule has 0 aliphatic rings. The maximum absolute atomic E-state index is 12.0. The Hall–Kier alpha value is -2.54. The van der Waals surface area contributed by atoms with Crippen molar-refractivity contribution in [2.45, 2.75) is 0 Å². The van der Waals surface area contributed by atoms with Gasteiger partial charge in [-0.3, -0.25) is 0 Å². The monoisotopic (exact) mass is 344 g/mol. The fraction of sp³-hybridized carbons (Fsp3) is 0. The molecule has 3 aromatic rings. The van der Waals surface area contributed by atoms with Gasteiger partial charge in [0.15, 0.2) is 0 Å². The van der Waals surface area contributed by atoms with Crippen molar-refractivity contribution in [2.24, 2.45) is 0 Å². The van der Waals surface area contributed by atoms with Crippen LogP contribution in [0.3, 0.4) is 0 Å². The Labute approximate surface area is 128 Å². The van der Waals surface area contributed by atoms with Gasteiger partial charge in [-0.15, -0.1) is 5.10 Å². The van der Waals surface area contributed by atoms with Crippen molar-refractivity contribution in [3.63, 3.8) is 0 Å². The number of halogens is 1. The molecule has 0 radical (unpaired) electrons. The van der Waals surface area contributed by atoms with Gasteiger partial charge >= 0.3 is 5.97 Å². The van der Waals surface area contributed by atoms with Gasteiger partial charge in [-0.1, -0.05) is 22.0 Å². The average molecular weight is 345 g/mol. The lowest BCUT2D eigenvalue weighted by Crippen LogP contribution is -2.08. The second-order valence-corrected chi connectivity index (χ2v) is 5.06. The topological polar surface area (TPSA) is 69.9 Å². The average Bonchev–Trinajstić information content (AvgIpc) is 3.02. The third kappa shape index (κ3) is 3.14. The summed E-state index contributed by atoms with van der Waals surface area (Å²) in [6, 6.07) is 13.9. The van der Waals surface area contributed by atoms with Crippen LogP contribution in [0.4, 0.5) is 0 Å². The summed E-state index contributed by atoms with van der Waals surface area (Å²) in [4.78, 5) is 12.0. The second-order valence-electron chi connectivity index (χ2n) is 4.15. The van der Waals surface area contributed by atoms with Gasteiger partial charge in [-0.05, 0) is 52.9 Å². The van der Waals surface area contributed by atoms with E-state index in [-0.39, 0.29) is 0 Å². The Morgan fingerprint density at radius 3 is 2.62 bits per heavy atom. The first-order valence-corrected chi connectivity index (χ1v) is 6.83. The smallest absolute Gasteiger partial charge is 0.343 e. The molecule has 0 saturated heterocycles. The molecule has 0 fully saturated rings. The molecule has 104 valence electrons. The fourth-order valence-corrected chi connectivity index (χ4v) is 2.13. The van der Waals surface area contributed by atoms with E-state index in [4.69, 9.17) is 4.74 Å². The van der Waals surface area contributed by atoms with E-state index in [1.807, 2.05) is 6.07 Å². The van der Waals surface area contributed by atoms with Crippen LogP contribution in [-0.2, 0) is 0 Å². The first kappa shape index (κ1) is 13.4. The van der Waals surface area contributed by atoms with Gasteiger partial charge in [-0.2, -0.15) is 0 Å². The molecule has 0 atom stereocenters. The third-order valence-electron chi connectivity index (χ3n) is 2.72. The summed E-state index contributed by atoms with van der Waals surface area (Å²) in [5.74, 6) is 0.0447. The SMILES string of the molecule is O=C(Oc1ccc(-n2cnnn2)cc1)c1cccc(Br)c1. The van der Waals surface area contributed by atoms with E-state index >= 15 is 0 Å². The number of esters is 1. The lowest BCUT2D eigenvalue weighted by molar-refractivity contribution is 0.0734. The molecule has 0 N–H and O–H groups in total. The largest absolute Gasteiger partial charge is 0.423 e. The summed E-state index contributed by atoms with van der Waals surface area (Å²) in [6.45, 7) is 0. The first-order valence-electron chi connectivity index (χ1n) is 6.03. The summed E-state index contributed by atoms with van der Waals surface area (Å²) < 4.78 is 7.65. The minimum atomic E-state index is -0.411. The predicted molar refractivity (Wildman–Crippen MR) is 78.3 cm³/mol. The van der Waals surface area contributed by atoms with Crippen molar-refractivity contribution < 1.29 is 9.53 Å². The Morgan fingerprint density at radius 1 is 1.14 bits per heavy atom. The van der Waals surface area contributed by atoms with Crippen LogP contribution in [-0.4, -0.2) is 26.2 Å². The van der Waals surface area contributed by atoms with E-state index in [1.165, 1.54) is 11.0 Å². The molecule has 1 heterocycles. The van der Waals surface area contributed by atoms with E-state index < -0.39 is 5.97 Å². The van der Waals surface area contributed by atoms with E-state index in [0.29, 0.717) is 11.3 Å². The summed E-state index contributed by atoms with van der Waals surface area (Å²) in [5.41, 5.74) is 1.26. The van der Waals surface area contributed by atoms with Crippen LogP contribution in [0, 0.1) is 0 Å². The molecule has 0 saturated carbocycles. The van der Waals surface area contributed by atoms with Crippen LogP contribution in [0.25, 0.3) is 5.69 Å². The van der Waals surface area contributed by atoms with Gasteiger partial charge in [0.2, 0.25) is 0 Å². The molecule has 21 heavy (non-hydrogen) atoms. The zero-order valence-electron chi connectivity index (χ0n) is 10.7. The number of aromatic nitrogens is 4. The molecule has 0 bridgehead atoms. The Balaban J connectivity index is 1.75. The molecule has 0 amide bonds. The quantitative estimate of drug-likeness (QED) is 0.539. The molecule has 0 spiro atoms. The highest BCUT2D eigenvalue weighted by atomic mass is 79.9. The molecule has 7 heteroatoms. The van der Waals surface area contributed by atoms with Crippen LogP contribution in [0.1, 0.15) is 10.4 Å². The highest BCUT2D eigenvalue weighted by Crippen LogP contribution is 2.17. The van der Waals surface area contributed by atoms with Crippen LogP contribution in [0.5, 0.6) is 5.75 Å². The molecule has 2 aromatic carbocycles. The normalized spacial score (nSPS) is 10.3. The van der Waals surface area contributed by atoms with E-state index in [1.54, 1.807) is 42.5 Å². The van der Waals surface area contributed by atoms with Crippen molar-refractivity contribution in [2.75, 3.05) is 0 Å². The summed E-state index contributed by atoms with van der Waals surface area (Å²) >= 11 is 3.32. The van der Waals surface area contributed by atoms with Gasteiger partial charge in [0.05, 0.1) is 11.3 Å². The zero-order valence-corrected chi connectivity index (χ0v) is 12.3. The number of ether oxygens (including phenoxy) is 1. The van der Waals surface area contributed by atoms with E-state index in [9.17, 15) is 4.79 Å². The minimum Gasteiger partial charge on any atom is -0.423 e. The highest BCUT2D eigenvalue weighted by molar-refractivity contribution is 9.10. The van der Waals surface area contributed by atoms with Crippen molar-refractivity contribution in [1.29, 1.82) is 0 Å². The standard InChI is InChI=1S/C14H9BrN4O2/c15-11-3-1-2-10(8-11)14(20)21-13-6-4-12(5-7-13)19-9-16-17-18-19/h1-9H. The van der Waals surface area contributed by atoms with Gasteiger partial charge in [0.25, 0.3) is 0 Å². The number of carbonyl (C=O) groups excluding carboxylic acids is 1. The van der Waals surface area contributed by atoms with Crippen molar-refractivity contribution >= 4 is 21.9 Å². The van der Waals surface area contributed by atoms with Crippen LogP contribution in [0.15, 0.2) is 59.3 Å². The number of nitrogens with zero attached hydrogens (tertiary/aromatic N) is 4. The van der Waals surface area contributed by atoms with Gasteiger partial charge in [0.1, 0.15) is 12.1 Å². The molecule has 0 aliphatic carbocycles. The number of benzene rings is 2. The second kappa shape index (κ2) is 5.84. The molecular weight excluding hydrogens is 336 g/mol. The highest BCUT2D eigenvalue weighted by Gasteiger charge is 2.09. The number of rotatable bonds is 3. The van der Waals surface area contributed by atoms with Crippen LogP contribution >= 0.6 is 15.9 Å². The predicted octanol–water partition coefficient (Wildman–Crippen LogP) is 2.64. The molecule has 3 rings (SSSR count). The third-order valence-corrected chi connectivity index (χ3v) is 3.21. The number of carbonyl (C=O) groups is 1. The van der Waals surface area contributed by atoms with Gasteiger partial charge in [-0.25, -0.2) is 9.48 Å². The van der Waals surface area contributed by atoms with Crippen LogP contribution < -0.4 is 4.74 Å². The van der Waals surface area contributed by atoms with E-state index in [0.717, 1.165) is 10.2 Å². The Bertz CT molecular complexity index is 757. The van der Waals surface area contributed by atoms with Crippen LogP contribution in [0.2, 0.25) is 0 Å². The summed E-state index contributed by atoms with van der Waals surface area (Å²) in [7, 11) is 0. The minimum absolute atomic E-state index is 0.411. The van der Waals surface area contributed by atoms with Crippen molar-refractivity contribution in [1.82, 2.24) is 20.2 Å². The fourth-order valence-electron chi connectivity index (χ4n) is 1.73. The summed E-state index contributed by atoms with van der Waals surface area (Å²) in [5, 5.41) is 10.9. The molecule has 0 unspecified atom stereocenters. The maximum Gasteiger partial charge on any atom is 0.343 e. The maximum atomic E-state index is 12.0.